The summed E-state index contributed by atoms with van der Waals surface area (Å²) in [5.74, 6) is 0. The molecule has 1 rings (SSSR count). The maximum Gasteiger partial charge on any atom is 0.160 e. The molecule has 0 spiro atoms. The number of hydrogen-bond donors (Lipinski definition) is 0. The van der Waals surface area contributed by atoms with Gasteiger partial charge in [-0.25, -0.2) is 0 Å². The number of carbonyl (C=O) groups is 1. The van der Waals surface area contributed by atoms with E-state index in [0.29, 0.717) is 0 Å². The third-order valence-corrected chi connectivity index (χ3v) is 5.58. The predicted molar refractivity (Wildman–Crippen MR) is 93.0 cm³/mol. The summed E-state index contributed by atoms with van der Waals surface area (Å²) in [6, 6.07) is 2.02. The molecule has 3 heteroatoms. The van der Waals surface area contributed by atoms with Gasteiger partial charge in [0.2, 0.25) is 0 Å². The third kappa shape index (κ3) is 7.58. The molecule has 1 aromatic rings. The monoisotopic (exact) mass is 358 g/mol. The Hall–Kier alpha value is -0.150. The van der Waals surface area contributed by atoms with Crippen LogP contribution in [0.4, 0.5) is 0 Å². The van der Waals surface area contributed by atoms with E-state index in [1.165, 1.54) is 69.8 Å². The van der Waals surface area contributed by atoms with Gasteiger partial charge >= 0.3 is 0 Å². The molecule has 0 radical (unpaired) electrons. The van der Waals surface area contributed by atoms with Crippen LogP contribution in [0.2, 0.25) is 0 Å². The number of hydrogen-bond acceptors (Lipinski definition) is 2. The Morgan fingerprint density at radius 2 is 1.55 bits per heavy atom. The van der Waals surface area contributed by atoms with Crippen LogP contribution < -0.4 is 0 Å². The second-order valence-corrected chi connectivity index (χ2v) is 7.90. The highest BCUT2D eigenvalue weighted by Crippen LogP contribution is 2.28. The van der Waals surface area contributed by atoms with Gasteiger partial charge in [-0.3, -0.25) is 4.79 Å². The summed E-state index contributed by atoms with van der Waals surface area (Å²) >= 11 is 5.09. The summed E-state index contributed by atoms with van der Waals surface area (Å²) in [5.41, 5.74) is 1.30. The number of halogens is 1. The van der Waals surface area contributed by atoms with E-state index >= 15 is 0 Å². The van der Waals surface area contributed by atoms with Crippen LogP contribution in [0.3, 0.4) is 0 Å². The standard InChI is InChI=1S/C17H27BrOS/c1-2-3-4-5-6-7-8-9-10-11-12-15-13-16(14-19)20-17(15)18/h13-14H,2-12H2,1H3. The molecular formula is C17H27BrOS. The third-order valence-electron chi connectivity index (χ3n) is 3.69. The molecule has 114 valence electrons. The zero-order chi connectivity index (χ0) is 14.6. The summed E-state index contributed by atoms with van der Waals surface area (Å²) in [6.45, 7) is 2.27. The molecule has 0 N–H and O–H groups in total. The van der Waals surface area contributed by atoms with E-state index in [-0.39, 0.29) is 0 Å². The van der Waals surface area contributed by atoms with Gasteiger partial charge in [-0.1, -0.05) is 64.7 Å². The second-order valence-electron chi connectivity index (χ2n) is 5.50. The number of carbonyl (C=O) groups excluding carboxylic acids is 1. The molecule has 1 aromatic heterocycles. The fourth-order valence-corrected chi connectivity index (χ4v) is 4.08. The normalized spacial score (nSPS) is 10.9. The zero-order valence-electron chi connectivity index (χ0n) is 12.6. The van der Waals surface area contributed by atoms with Gasteiger partial charge in [0, 0.05) is 0 Å². The highest BCUT2D eigenvalue weighted by molar-refractivity contribution is 9.11. The zero-order valence-corrected chi connectivity index (χ0v) is 15.0. The Labute approximate surface area is 136 Å². The van der Waals surface area contributed by atoms with Crippen LogP contribution in [-0.4, -0.2) is 6.29 Å². The summed E-state index contributed by atoms with van der Waals surface area (Å²) in [6.07, 6.45) is 15.7. The minimum Gasteiger partial charge on any atom is -0.297 e. The number of thiophene rings is 1. The van der Waals surface area contributed by atoms with Gasteiger partial charge in [-0.05, 0) is 40.4 Å². The summed E-state index contributed by atoms with van der Waals surface area (Å²) < 4.78 is 1.13. The average Bonchev–Trinajstić information content (AvgIpc) is 2.81. The molecule has 0 atom stereocenters. The van der Waals surface area contributed by atoms with Gasteiger partial charge in [-0.15, -0.1) is 11.3 Å². The fourth-order valence-electron chi connectivity index (χ4n) is 2.46. The number of aldehydes is 1. The van der Waals surface area contributed by atoms with E-state index in [4.69, 9.17) is 0 Å². The van der Waals surface area contributed by atoms with Crippen LogP contribution in [0.15, 0.2) is 9.85 Å². The molecule has 1 nitrogen and oxygen atoms in total. The van der Waals surface area contributed by atoms with Crippen LogP contribution >= 0.6 is 27.3 Å². The molecule has 0 bridgehead atoms. The first-order valence-electron chi connectivity index (χ1n) is 8.01. The number of rotatable bonds is 12. The largest absolute Gasteiger partial charge is 0.297 e. The first-order valence-corrected chi connectivity index (χ1v) is 9.62. The molecule has 0 amide bonds. The van der Waals surface area contributed by atoms with E-state index in [1.54, 1.807) is 11.3 Å². The van der Waals surface area contributed by atoms with Crippen LogP contribution in [0.1, 0.15) is 86.4 Å². The van der Waals surface area contributed by atoms with Gasteiger partial charge in [0.25, 0.3) is 0 Å². The van der Waals surface area contributed by atoms with Crippen molar-refractivity contribution in [3.05, 3.63) is 20.3 Å². The Morgan fingerprint density at radius 1 is 1.00 bits per heavy atom. The smallest absolute Gasteiger partial charge is 0.160 e. The fraction of sp³-hybridized carbons (Fsp3) is 0.706. The minimum atomic E-state index is 0.832. The molecule has 0 aliphatic heterocycles. The maximum atomic E-state index is 10.7. The van der Waals surface area contributed by atoms with Crippen molar-refractivity contribution in [3.8, 4) is 0 Å². The summed E-state index contributed by atoms with van der Waals surface area (Å²) in [5, 5.41) is 0. The van der Waals surface area contributed by atoms with E-state index in [2.05, 4.69) is 22.9 Å². The lowest BCUT2D eigenvalue weighted by Gasteiger charge is -2.02. The van der Waals surface area contributed by atoms with Gasteiger partial charge in [-0.2, -0.15) is 0 Å². The average molecular weight is 359 g/mol. The van der Waals surface area contributed by atoms with Gasteiger partial charge in [0.1, 0.15) is 0 Å². The van der Waals surface area contributed by atoms with Gasteiger partial charge in [0.15, 0.2) is 6.29 Å². The van der Waals surface area contributed by atoms with Crippen molar-refractivity contribution < 1.29 is 4.79 Å². The highest BCUT2D eigenvalue weighted by atomic mass is 79.9. The Balaban J connectivity index is 1.96. The molecular weight excluding hydrogens is 332 g/mol. The first kappa shape index (κ1) is 17.9. The van der Waals surface area contributed by atoms with Crippen LogP contribution in [-0.2, 0) is 6.42 Å². The van der Waals surface area contributed by atoms with Crippen LogP contribution in [0.5, 0.6) is 0 Å². The number of aryl methyl sites for hydroxylation is 1. The molecule has 1 heterocycles. The van der Waals surface area contributed by atoms with Crippen molar-refractivity contribution in [1.29, 1.82) is 0 Å². The van der Waals surface area contributed by atoms with Crippen molar-refractivity contribution in [1.82, 2.24) is 0 Å². The lowest BCUT2D eigenvalue weighted by Crippen LogP contribution is -1.85. The summed E-state index contributed by atoms with van der Waals surface area (Å²) in [4.78, 5) is 11.5. The maximum absolute atomic E-state index is 10.7. The predicted octanol–water partition coefficient (Wildman–Crippen LogP) is 6.79. The van der Waals surface area contributed by atoms with E-state index in [9.17, 15) is 4.79 Å². The first-order chi connectivity index (χ1) is 9.77. The van der Waals surface area contributed by atoms with E-state index in [0.717, 1.165) is 21.4 Å². The molecule has 0 unspecified atom stereocenters. The molecule has 0 saturated carbocycles. The minimum absolute atomic E-state index is 0.832. The molecule has 0 saturated heterocycles. The second kappa shape index (κ2) is 11.5. The Morgan fingerprint density at radius 3 is 2.05 bits per heavy atom. The van der Waals surface area contributed by atoms with Gasteiger partial charge in [0.05, 0.1) is 8.66 Å². The molecule has 0 fully saturated rings. The Kier molecular flexibility index (Phi) is 10.3. The van der Waals surface area contributed by atoms with E-state index < -0.39 is 0 Å². The van der Waals surface area contributed by atoms with Crippen LogP contribution in [0, 0.1) is 0 Å². The van der Waals surface area contributed by atoms with Crippen molar-refractivity contribution in [3.63, 3.8) is 0 Å². The lowest BCUT2D eigenvalue weighted by atomic mass is 10.0. The SMILES string of the molecule is CCCCCCCCCCCCc1cc(C=O)sc1Br. The highest BCUT2D eigenvalue weighted by Gasteiger charge is 2.05. The van der Waals surface area contributed by atoms with Crippen molar-refractivity contribution in [2.45, 2.75) is 77.6 Å². The molecule has 0 aliphatic carbocycles. The molecule has 0 aromatic carbocycles. The topological polar surface area (TPSA) is 17.1 Å². The van der Waals surface area contributed by atoms with Crippen molar-refractivity contribution in [2.75, 3.05) is 0 Å². The summed E-state index contributed by atoms with van der Waals surface area (Å²) in [7, 11) is 0. The lowest BCUT2D eigenvalue weighted by molar-refractivity contribution is 0.112. The molecule has 0 aliphatic rings. The van der Waals surface area contributed by atoms with Crippen molar-refractivity contribution in [2.24, 2.45) is 0 Å². The van der Waals surface area contributed by atoms with Gasteiger partial charge < -0.3 is 0 Å². The quantitative estimate of drug-likeness (QED) is 0.297. The van der Waals surface area contributed by atoms with E-state index in [1.807, 2.05) is 6.07 Å². The Bertz CT molecular complexity index is 373. The number of unbranched alkanes of at least 4 members (excludes halogenated alkanes) is 9. The van der Waals surface area contributed by atoms with Crippen molar-refractivity contribution >= 4 is 33.6 Å². The van der Waals surface area contributed by atoms with Crippen LogP contribution in [0.25, 0.3) is 0 Å². The molecule has 20 heavy (non-hydrogen) atoms.